The van der Waals surface area contributed by atoms with E-state index in [9.17, 15) is 0 Å². The van der Waals surface area contributed by atoms with Gasteiger partial charge in [0.05, 0.1) is 6.04 Å². The zero-order chi connectivity index (χ0) is 17.4. The van der Waals surface area contributed by atoms with Crippen molar-refractivity contribution in [3.63, 3.8) is 0 Å². The molecule has 1 aliphatic rings. The molecule has 2 N–H and O–H groups in total. The number of halogens is 1. The summed E-state index contributed by atoms with van der Waals surface area (Å²) < 4.78 is 0. The van der Waals surface area contributed by atoms with Crippen molar-refractivity contribution >= 4 is 17.3 Å². The van der Waals surface area contributed by atoms with Crippen LogP contribution in [0, 0.1) is 6.92 Å². The standard InChI is InChI=1S/C22H21ClN2/c1-15-8-10-17(11-9-15)22(2)24-20-13-12-18(23)14-19(20)21(25-22)16-6-4-3-5-7-16/h3-14,21,24-25H,1-2H3/t21-,22+/m1/s1. The summed E-state index contributed by atoms with van der Waals surface area (Å²) in [4.78, 5) is 0. The highest BCUT2D eigenvalue weighted by Crippen LogP contribution is 2.40. The first-order valence-corrected chi connectivity index (χ1v) is 8.90. The van der Waals surface area contributed by atoms with Crippen molar-refractivity contribution in [3.05, 3.63) is 100 Å². The third-order valence-corrected chi connectivity index (χ3v) is 5.14. The van der Waals surface area contributed by atoms with Gasteiger partial charge in [-0.2, -0.15) is 0 Å². The Morgan fingerprint density at radius 3 is 2.36 bits per heavy atom. The van der Waals surface area contributed by atoms with Crippen molar-refractivity contribution in [1.82, 2.24) is 5.32 Å². The molecule has 3 heteroatoms. The number of anilines is 1. The summed E-state index contributed by atoms with van der Waals surface area (Å²) in [6, 6.07) is 25.3. The lowest BCUT2D eigenvalue weighted by atomic mass is 9.88. The molecule has 0 radical (unpaired) electrons. The summed E-state index contributed by atoms with van der Waals surface area (Å²) in [7, 11) is 0. The molecule has 0 aromatic heterocycles. The Morgan fingerprint density at radius 2 is 1.64 bits per heavy atom. The predicted octanol–water partition coefficient (Wildman–Crippen LogP) is 5.63. The highest BCUT2D eigenvalue weighted by atomic mass is 35.5. The van der Waals surface area contributed by atoms with Crippen LogP contribution in [0.5, 0.6) is 0 Å². The fraction of sp³-hybridized carbons (Fsp3) is 0.182. The fourth-order valence-electron chi connectivity index (χ4n) is 3.51. The summed E-state index contributed by atoms with van der Waals surface area (Å²) >= 11 is 6.28. The van der Waals surface area contributed by atoms with Crippen molar-refractivity contribution in [1.29, 1.82) is 0 Å². The largest absolute Gasteiger partial charge is 0.363 e. The van der Waals surface area contributed by atoms with Crippen LogP contribution in [0.25, 0.3) is 0 Å². The number of fused-ring (bicyclic) bond motifs is 1. The lowest BCUT2D eigenvalue weighted by molar-refractivity contribution is 0.367. The van der Waals surface area contributed by atoms with E-state index in [1.54, 1.807) is 0 Å². The molecule has 0 fully saturated rings. The molecule has 0 spiro atoms. The highest BCUT2D eigenvalue weighted by molar-refractivity contribution is 6.30. The van der Waals surface area contributed by atoms with Crippen molar-refractivity contribution in [2.75, 3.05) is 5.32 Å². The number of hydrogen-bond donors (Lipinski definition) is 2. The molecule has 0 amide bonds. The Balaban J connectivity index is 1.84. The summed E-state index contributed by atoms with van der Waals surface area (Å²) in [5.74, 6) is 0. The monoisotopic (exact) mass is 348 g/mol. The molecule has 0 aliphatic carbocycles. The van der Waals surface area contributed by atoms with E-state index in [2.05, 4.69) is 79.1 Å². The maximum Gasteiger partial charge on any atom is 0.112 e. The van der Waals surface area contributed by atoms with Crippen LogP contribution in [0.1, 0.15) is 35.2 Å². The Hall–Kier alpha value is -2.29. The van der Waals surface area contributed by atoms with Gasteiger partial charge in [0.25, 0.3) is 0 Å². The van der Waals surface area contributed by atoms with Gasteiger partial charge < -0.3 is 5.32 Å². The van der Waals surface area contributed by atoms with Crippen molar-refractivity contribution in [3.8, 4) is 0 Å². The molecule has 0 bridgehead atoms. The van der Waals surface area contributed by atoms with Crippen LogP contribution in [0.2, 0.25) is 5.02 Å². The van der Waals surface area contributed by atoms with Crippen molar-refractivity contribution < 1.29 is 0 Å². The molecule has 0 unspecified atom stereocenters. The molecule has 1 aliphatic heterocycles. The summed E-state index contributed by atoms with van der Waals surface area (Å²) in [6.07, 6.45) is 0. The van der Waals surface area contributed by atoms with Crippen LogP contribution in [-0.4, -0.2) is 0 Å². The third-order valence-electron chi connectivity index (χ3n) is 4.90. The second-order valence-electron chi connectivity index (χ2n) is 6.84. The van der Waals surface area contributed by atoms with Gasteiger partial charge in [0, 0.05) is 10.7 Å². The average Bonchev–Trinajstić information content (AvgIpc) is 2.63. The molecular formula is C22H21ClN2. The molecule has 25 heavy (non-hydrogen) atoms. The molecule has 2 nitrogen and oxygen atoms in total. The predicted molar refractivity (Wildman–Crippen MR) is 105 cm³/mol. The minimum Gasteiger partial charge on any atom is -0.363 e. The number of hydrogen-bond acceptors (Lipinski definition) is 2. The number of benzene rings is 3. The second kappa shape index (κ2) is 6.21. The van der Waals surface area contributed by atoms with E-state index in [1.165, 1.54) is 22.3 Å². The van der Waals surface area contributed by atoms with Gasteiger partial charge in [-0.1, -0.05) is 71.8 Å². The van der Waals surface area contributed by atoms with Gasteiger partial charge in [0.1, 0.15) is 5.66 Å². The molecule has 0 saturated heterocycles. The van der Waals surface area contributed by atoms with E-state index in [4.69, 9.17) is 11.6 Å². The second-order valence-corrected chi connectivity index (χ2v) is 7.27. The molecule has 1 heterocycles. The smallest absolute Gasteiger partial charge is 0.112 e. The number of nitrogens with one attached hydrogen (secondary N) is 2. The Bertz CT molecular complexity index is 890. The maximum absolute atomic E-state index is 6.28. The maximum atomic E-state index is 6.28. The van der Waals surface area contributed by atoms with Gasteiger partial charge in [-0.25, -0.2) is 0 Å². The molecule has 4 rings (SSSR count). The van der Waals surface area contributed by atoms with Crippen LogP contribution in [0.3, 0.4) is 0 Å². The first-order valence-electron chi connectivity index (χ1n) is 8.53. The Morgan fingerprint density at radius 1 is 0.920 bits per heavy atom. The molecule has 3 aromatic carbocycles. The van der Waals surface area contributed by atoms with E-state index in [-0.39, 0.29) is 11.7 Å². The first-order chi connectivity index (χ1) is 12.0. The van der Waals surface area contributed by atoms with Gasteiger partial charge in [-0.3, -0.25) is 5.32 Å². The van der Waals surface area contributed by atoms with Crippen molar-refractivity contribution in [2.45, 2.75) is 25.6 Å². The van der Waals surface area contributed by atoms with Crippen LogP contribution in [0.15, 0.2) is 72.8 Å². The molecule has 126 valence electrons. The molecule has 3 aromatic rings. The minimum absolute atomic E-state index is 0.0717. The molecule has 0 saturated carbocycles. The van der Waals surface area contributed by atoms with Gasteiger partial charge in [0.15, 0.2) is 0 Å². The highest BCUT2D eigenvalue weighted by Gasteiger charge is 2.36. The average molecular weight is 349 g/mol. The lowest BCUT2D eigenvalue weighted by Gasteiger charge is -2.43. The summed E-state index contributed by atoms with van der Waals surface area (Å²) in [5, 5.41) is 8.21. The number of rotatable bonds is 2. The van der Waals surface area contributed by atoms with E-state index in [0.717, 1.165) is 10.7 Å². The van der Waals surface area contributed by atoms with Crippen LogP contribution in [-0.2, 0) is 5.66 Å². The third kappa shape index (κ3) is 3.04. The lowest BCUT2D eigenvalue weighted by Crippen LogP contribution is -2.51. The normalized spacial score (nSPS) is 22.1. The van der Waals surface area contributed by atoms with E-state index < -0.39 is 0 Å². The Kier molecular flexibility index (Phi) is 4.03. The van der Waals surface area contributed by atoms with Gasteiger partial charge in [-0.15, -0.1) is 0 Å². The summed E-state index contributed by atoms with van der Waals surface area (Å²) in [6.45, 7) is 4.29. The van der Waals surface area contributed by atoms with Crippen molar-refractivity contribution in [2.24, 2.45) is 0 Å². The quantitative estimate of drug-likeness (QED) is 0.627. The minimum atomic E-state index is -0.366. The van der Waals surface area contributed by atoms with E-state index >= 15 is 0 Å². The van der Waals surface area contributed by atoms with Crippen LogP contribution in [0.4, 0.5) is 5.69 Å². The van der Waals surface area contributed by atoms with Gasteiger partial charge >= 0.3 is 0 Å². The van der Waals surface area contributed by atoms with E-state index in [0.29, 0.717) is 0 Å². The van der Waals surface area contributed by atoms with Gasteiger partial charge in [0.2, 0.25) is 0 Å². The Labute approximate surface area is 153 Å². The molecular weight excluding hydrogens is 328 g/mol. The zero-order valence-corrected chi connectivity index (χ0v) is 15.1. The topological polar surface area (TPSA) is 24.1 Å². The first kappa shape index (κ1) is 16.2. The fourth-order valence-corrected chi connectivity index (χ4v) is 3.69. The van der Waals surface area contributed by atoms with Crippen LogP contribution < -0.4 is 10.6 Å². The number of aryl methyl sites for hydroxylation is 1. The van der Waals surface area contributed by atoms with Gasteiger partial charge in [-0.05, 0) is 48.7 Å². The van der Waals surface area contributed by atoms with Crippen LogP contribution >= 0.6 is 11.6 Å². The van der Waals surface area contributed by atoms with E-state index in [1.807, 2.05) is 18.2 Å². The summed E-state index contributed by atoms with van der Waals surface area (Å²) in [5.41, 5.74) is 5.61. The molecule has 2 atom stereocenters. The SMILES string of the molecule is Cc1ccc([C@@]2(C)Nc3ccc(Cl)cc3[C@@H](c3ccccc3)N2)cc1. The zero-order valence-electron chi connectivity index (χ0n) is 14.4.